The predicted molar refractivity (Wildman–Crippen MR) is 117 cm³/mol. The lowest BCUT2D eigenvalue weighted by atomic mass is 10.1. The summed E-state index contributed by atoms with van der Waals surface area (Å²) in [6.07, 6.45) is 1.23. The number of hydrogen-bond acceptors (Lipinski definition) is 3. The van der Waals surface area contributed by atoms with E-state index in [4.69, 9.17) is 11.6 Å². The van der Waals surface area contributed by atoms with Gasteiger partial charge in [0.05, 0.1) is 0 Å². The van der Waals surface area contributed by atoms with Gasteiger partial charge in [-0.3, -0.25) is 9.59 Å². The molecule has 2 aromatic carbocycles. The molecule has 1 unspecified atom stereocenters. The first-order valence-electron chi connectivity index (χ1n) is 9.50. The Balaban J connectivity index is 2.03. The molecule has 0 bridgehead atoms. The second-order valence-electron chi connectivity index (χ2n) is 6.53. The van der Waals surface area contributed by atoms with E-state index >= 15 is 0 Å². The van der Waals surface area contributed by atoms with Crippen molar-refractivity contribution in [3.05, 3.63) is 65.2 Å². The number of carbonyl (C=O) groups is 2. The third-order valence-corrected chi connectivity index (χ3v) is 5.58. The number of hydrogen-bond donors (Lipinski definition) is 1. The fraction of sp³-hybridized carbons (Fsp3) is 0.364. The normalized spacial score (nSPS) is 11.7. The van der Waals surface area contributed by atoms with Crippen molar-refractivity contribution in [2.24, 2.45) is 0 Å². The Morgan fingerprint density at radius 1 is 1.11 bits per heavy atom. The summed E-state index contributed by atoms with van der Waals surface area (Å²) >= 11 is 7.60. The summed E-state index contributed by atoms with van der Waals surface area (Å²) in [6, 6.07) is 16.8. The topological polar surface area (TPSA) is 49.4 Å². The van der Waals surface area contributed by atoms with Crippen molar-refractivity contribution in [3.8, 4) is 0 Å². The first kappa shape index (κ1) is 22.3. The Morgan fingerprint density at radius 2 is 1.79 bits per heavy atom. The van der Waals surface area contributed by atoms with Gasteiger partial charge in [0.1, 0.15) is 6.04 Å². The third kappa shape index (κ3) is 7.21. The van der Waals surface area contributed by atoms with Gasteiger partial charge in [0.25, 0.3) is 0 Å². The van der Waals surface area contributed by atoms with Crippen LogP contribution in [0.3, 0.4) is 0 Å². The molecule has 6 heteroatoms. The molecule has 0 aliphatic carbocycles. The van der Waals surface area contributed by atoms with Crippen molar-refractivity contribution < 1.29 is 9.59 Å². The van der Waals surface area contributed by atoms with Crippen molar-refractivity contribution in [3.63, 3.8) is 0 Å². The minimum Gasteiger partial charge on any atom is -0.354 e. The van der Waals surface area contributed by atoms with Crippen molar-refractivity contribution in [2.75, 3.05) is 12.3 Å². The van der Waals surface area contributed by atoms with Crippen LogP contribution in [0.4, 0.5) is 0 Å². The van der Waals surface area contributed by atoms with Crippen LogP contribution in [-0.4, -0.2) is 35.1 Å². The van der Waals surface area contributed by atoms with Gasteiger partial charge in [-0.1, -0.05) is 48.9 Å². The summed E-state index contributed by atoms with van der Waals surface area (Å²) < 4.78 is 0. The molecule has 4 nitrogen and oxygen atoms in total. The Bertz CT molecular complexity index is 753. The van der Waals surface area contributed by atoms with Crippen molar-refractivity contribution in [2.45, 2.75) is 44.2 Å². The summed E-state index contributed by atoms with van der Waals surface area (Å²) in [5.74, 6) is 0.515. The lowest BCUT2D eigenvalue weighted by Gasteiger charge is -2.29. The molecule has 2 rings (SSSR count). The highest BCUT2D eigenvalue weighted by atomic mass is 35.5. The molecule has 0 radical (unpaired) electrons. The van der Waals surface area contributed by atoms with Crippen LogP contribution < -0.4 is 5.32 Å². The number of carbonyl (C=O) groups excluding carboxylic acids is 2. The maximum absolute atomic E-state index is 12.9. The molecule has 0 aliphatic rings. The molecule has 1 atom stereocenters. The number of nitrogens with zero attached hydrogens (tertiary/aromatic N) is 1. The minimum atomic E-state index is -0.531. The molecule has 0 saturated heterocycles. The number of halogens is 1. The van der Waals surface area contributed by atoms with Crippen LogP contribution in [0.5, 0.6) is 0 Å². The highest BCUT2D eigenvalue weighted by Crippen LogP contribution is 2.20. The van der Waals surface area contributed by atoms with Crippen LogP contribution in [-0.2, 0) is 16.1 Å². The first-order chi connectivity index (χ1) is 13.5. The van der Waals surface area contributed by atoms with Crippen molar-refractivity contribution in [1.29, 1.82) is 0 Å². The zero-order chi connectivity index (χ0) is 20.4. The molecule has 0 aromatic heterocycles. The largest absolute Gasteiger partial charge is 0.354 e. The quantitative estimate of drug-likeness (QED) is 0.565. The number of amides is 2. The third-order valence-electron chi connectivity index (χ3n) is 4.31. The van der Waals surface area contributed by atoms with Crippen molar-refractivity contribution in [1.82, 2.24) is 10.2 Å². The summed E-state index contributed by atoms with van der Waals surface area (Å²) in [7, 11) is 0. The van der Waals surface area contributed by atoms with Gasteiger partial charge in [-0.15, -0.1) is 11.8 Å². The summed E-state index contributed by atoms with van der Waals surface area (Å²) in [6.45, 7) is 4.77. The molecule has 150 valence electrons. The second kappa shape index (κ2) is 11.8. The molecule has 2 amide bonds. The summed E-state index contributed by atoms with van der Waals surface area (Å²) in [5, 5.41) is 3.53. The fourth-order valence-electron chi connectivity index (χ4n) is 2.68. The smallest absolute Gasteiger partial charge is 0.242 e. The molecule has 0 saturated carbocycles. The van der Waals surface area contributed by atoms with Crippen LogP contribution in [0, 0.1) is 0 Å². The zero-order valence-electron chi connectivity index (χ0n) is 16.4. The van der Waals surface area contributed by atoms with E-state index in [-0.39, 0.29) is 11.8 Å². The van der Waals surface area contributed by atoms with Gasteiger partial charge in [-0.25, -0.2) is 0 Å². The van der Waals surface area contributed by atoms with Gasteiger partial charge in [-0.05, 0) is 43.2 Å². The van der Waals surface area contributed by atoms with Gasteiger partial charge in [0.15, 0.2) is 0 Å². The molecule has 2 aromatic rings. The Labute approximate surface area is 176 Å². The molecular formula is C22H27ClN2O2S. The Kier molecular flexibility index (Phi) is 9.38. The van der Waals surface area contributed by atoms with Gasteiger partial charge in [0.2, 0.25) is 11.8 Å². The second-order valence-corrected chi connectivity index (χ2v) is 8.13. The molecule has 0 heterocycles. The lowest BCUT2D eigenvalue weighted by molar-refractivity contribution is -0.140. The highest BCUT2D eigenvalue weighted by Gasteiger charge is 2.25. The van der Waals surface area contributed by atoms with Crippen LogP contribution in [0.25, 0.3) is 0 Å². The van der Waals surface area contributed by atoms with E-state index in [0.29, 0.717) is 30.3 Å². The van der Waals surface area contributed by atoms with Crippen LogP contribution in [0.2, 0.25) is 5.02 Å². The van der Waals surface area contributed by atoms with Gasteiger partial charge >= 0.3 is 0 Å². The van der Waals surface area contributed by atoms with Crippen molar-refractivity contribution >= 4 is 35.2 Å². The number of benzene rings is 2. The molecule has 1 N–H and O–H groups in total. The molecular weight excluding hydrogens is 392 g/mol. The Hall–Kier alpha value is -1.98. The number of nitrogens with one attached hydrogen (secondary N) is 1. The maximum atomic E-state index is 12.9. The van der Waals surface area contributed by atoms with Gasteiger partial charge in [-0.2, -0.15) is 0 Å². The van der Waals surface area contributed by atoms with Gasteiger partial charge < -0.3 is 10.2 Å². The van der Waals surface area contributed by atoms with E-state index < -0.39 is 6.04 Å². The average molecular weight is 419 g/mol. The van der Waals surface area contributed by atoms with E-state index in [1.165, 1.54) is 0 Å². The highest BCUT2D eigenvalue weighted by molar-refractivity contribution is 7.99. The fourth-order valence-corrected chi connectivity index (χ4v) is 3.67. The molecule has 28 heavy (non-hydrogen) atoms. The van der Waals surface area contributed by atoms with E-state index in [1.807, 2.05) is 49.4 Å². The van der Waals surface area contributed by atoms with E-state index in [9.17, 15) is 9.59 Å². The average Bonchev–Trinajstić information content (AvgIpc) is 2.71. The monoisotopic (exact) mass is 418 g/mol. The zero-order valence-corrected chi connectivity index (χ0v) is 17.9. The summed E-state index contributed by atoms with van der Waals surface area (Å²) in [4.78, 5) is 28.2. The van der Waals surface area contributed by atoms with E-state index in [1.54, 1.807) is 35.7 Å². The summed E-state index contributed by atoms with van der Waals surface area (Å²) in [5.41, 5.74) is 0.948. The number of rotatable bonds is 10. The maximum Gasteiger partial charge on any atom is 0.242 e. The van der Waals surface area contributed by atoms with E-state index in [2.05, 4.69) is 5.32 Å². The Morgan fingerprint density at radius 3 is 2.43 bits per heavy atom. The predicted octanol–water partition coefficient (Wildman–Crippen LogP) is 4.77. The first-order valence-corrected chi connectivity index (χ1v) is 10.9. The molecule has 0 spiro atoms. The standard InChI is InChI=1S/C22H27ClN2O2S/c1-3-14-24-22(27)17(2)25(16-18-9-11-19(23)12-10-18)21(26)13-15-28-20-7-5-4-6-8-20/h4-12,17H,3,13-16H2,1-2H3,(H,24,27). The minimum absolute atomic E-state index is 0.0301. The van der Waals surface area contributed by atoms with Gasteiger partial charge in [0, 0.05) is 35.2 Å². The van der Waals surface area contributed by atoms with Crippen LogP contribution in [0.15, 0.2) is 59.5 Å². The molecule has 0 fully saturated rings. The molecule has 0 aliphatic heterocycles. The SMILES string of the molecule is CCCNC(=O)C(C)N(Cc1ccc(Cl)cc1)C(=O)CCSc1ccccc1. The van der Waals surface area contributed by atoms with Crippen LogP contribution >= 0.6 is 23.4 Å². The number of thioether (sulfide) groups is 1. The van der Waals surface area contributed by atoms with E-state index in [0.717, 1.165) is 16.9 Å². The lowest BCUT2D eigenvalue weighted by Crippen LogP contribution is -2.47. The van der Waals surface area contributed by atoms with Crippen LogP contribution in [0.1, 0.15) is 32.3 Å².